The minimum atomic E-state index is -0.219. The van der Waals surface area contributed by atoms with Crippen LogP contribution in [0.3, 0.4) is 0 Å². The third-order valence-electron chi connectivity index (χ3n) is 6.09. The predicted molar refractivity (Wildman–Crippen MR) is 127 cm³/mol. The zero-order valence-electron chi connectivity index (χ0n) is 16.5. The molecule has 0 bridgehead atoms. The fraction of sp³-hybridized carbons (Fsp3) is 0.0345. The van der Waals surface area contributed by atoms with E-state index < -0.39 is 0 Å². The summed E-state index contributed by atoms with van der Waals surface area (Å²) in [6.07, 6.45) is 5.08. The van der Waals surface area contributed by atoms with Gasteiger partial charge in [0.05, 0.1) is 0 Å². The predicted octanol–water partition coefficient (Wildman–Crippen LogP) is 6.75. The van der Waals surface area contributed by atoms with Crippen molar-refractivity contribution in [2.24, 2.45) is 0 Å². The van der Waals surface area contributed by atoms with Gasteiger partial charge in [0.15, 0.2) is 0 Å². The van der Waals surface area contributed by atoms with Crippen LogP contribution in [-0.4, -0.2) is 15.0 Å². The molecule has 1 heteroatoms. The molecule has 0 amide bonds. The molecule has 30 heavy (non-hydrogen) atoms. The summed E-state index contributed by atoms with van der Waals surface area (Å²) in [5, 5.41) is 0. The van der Waals surface area contributed by atoms with Gasteiger partial charge in [0.1, 0.15) is 0 Å². The van der Waals surface area contributed by atoms with E-state index in [9.17, 15) is 0 Å². The van der Waals surface area contributed by atoms with E-state index in [-0.39, 0.29) is 20.4 Å². The molecule has 1 aliphatic heterocycles. The molecular weight excluding hydrogens is 427 g/mol. The number of rotatable bonds is 2. The Labute approximate surface area is 183 Å². The van der Waals surface area contributed by atoms with Gasteiger partial charge in [-0.3, -0.25) is 0 Å². The summed E-state index contributed by atoms with van der Waals surface area (Å²) >= 11 is 0.250. The van der Waals surface area contributed by atoms with Crippen LogP contribution in [0.4, 0.5) is 0 Å². The molecule has 0 aromatic heterocycles. The molecular formula is C29H20Se. The van der Waals surface area contributed by atoms with Crippen molar-refractivity contribution in [2.75, 3.05) is 0 Å². The quantitative estimate of drug-likeness (QED) is 0.298. The molecule has 0 nitrogen and oxygen atoms in total. The van der Waals surface area contributed by atoms with E-state index in [0.717, 1.165) is 0 Å². The first-order valence-electron chi connectivity index (χ1n) is 10.3. The van der Waals surface area contributed by atoms with Crippen LogP contribution >= 0.6 is 0 Å². The molecule has 0 unspecified atom stereocenters. The van der Waals surface area contributed by atoms with Crippen molar-refractivity contribution in [3.63, 3.8) is 0 Å². The van der Waals surface area contributed by atoms with Crippen LogP contribution in [0, 0.1) is 0 Å². The fourth-order valence-corrected chi connectivity index (χ4v) is 7.33. The third-order valence-corrected chi connectivity index (χ3v) is 8.50. The van der Waals surface area contributed by atoms with Crippen molar-refractivity contribution in [1.82, 2.24) is 0 Å². The average molecular weight is 447 g/mol. The van der Waals surface area contributed by atoms with E-state index in [1.165, 1.54) is 42.3 Å². The molecule has 4 aromatic carbocycles. The van der Waals surface area contributed by atoms with Crippen molar-refractivity contribution >= 4 is 23.9 Å². The van der Waals surface area contributed by atoms with E-state index in [1.54, 1.807) is 0 Å². The van der Waals surface area contributed by atoms with Gasteiger partial charge in [-0.05, 0) is 0 Å². The van der Waals surface area contributed by atoms with Crippen LogP contribution in [-0.2, 0) is 5.41 Å². The number of fused-ring (bicyclic) bond motifs is 5. The van der Waals surface area contributed by atoms with Gasteiger partial charge >= 0.3 is 184 Å². The Kier molecular flexibility index (Phi) is 4.13. The van der Waals surface area contributed by atoms with E-state index >= 15 is 0 Å². The zero-order chi connectivity index (χ0) is 20.0. The Bertz CT molecular complexity index is 1190. The molecule has 0 radical (unpaired) electrons. The van der Waals surface area contributed by atoms with Gasteiger partial charge in [0, 0.05) is 0 Å². The summed E-state index contributed by atoms with van der Waals surface area (Å²) < 4.78 is 2.91. The van der Waals surface area contributed by atoms with Crippen LogP contribution < -0.4 is 0 Å². The summed E-state index contributed by atoms with van der Waals surface area (Å²) in [7, 11) is 0. The first kappa shape index (κ1) is 17.7. The minimum absolute atomic E-state index is 0.219. The number of allylic oxidation sites excluding steroid dienone is 2. The van der Waals surface area contributed by atoms with Crippen molar-refractivity contribution in [3.8, 4) is 11.1 Å². The molecule has 1 aliphatic carbocycles. The second-order valence-corrected chi connectivity index (χ2v) is 10.1. The van der Waals surface area contributed by atoms with Gasteiger partial charge in [-0.2, -0.15) is 0 Å². The molecule has 1 heterocycles. The Hall–Kier alpha value is -3.12. The van der Waals surface area contributed by atoms with Gasteiger partial charge in [-0.25, -0.2) is 0 Å². The van der Waals surface area contributed by atoms with Gasteiger partial charge < -0.3 is 0 Å². The summed E-state index contributed by atoms with van der Waals surface area (Å²) in [6.45, 7) is 0. The standard InChI is InChI=1S/C29H20Se/c1-3-11-21(12-4-1)27-19-29(20-28(30-27)22-13-5-2-6-14-22)25-17-9-7-15-23(25)24-16-8-10-18-26(24)29/h1-20H. The Morgan fingerprint density at radius 3 is 1.30 bits per heavy atom. The molecule has 0 saturated heterocycles. The Morgan fingerprint density at radius 2 is 0.833 bits per heavy atom. The first-order chi connectivity index (χ1) is 14.9. The third kappa shape index (κ3) is 2.67. The zero-order valence-corrected chi connectivity index (χ0v) is 18.2. The van der Waals surface area contributed by atoms with Crippen molar-refractivity contribution in [3.05, 3.63) is 144 Å². The van der Waals surface area contributed by atoms with E-state index in [4.69, 9.17) is 0 Å². The van der Waals surface area contributed by atoms with Crippen molar-refractivity contribution in [1.29, 1.82) is 0 Å². The molecule has 6 rings (SSSR count). The summed E-state index contributed by atoms with van der Waals surface area (Å²) in [5.74, 6) is 0. The molecule has 0 N–H and O–H groups in total. The van der Waals surface area contributed by atoms with E-state index in [1.807, 2.05) is 0 Å². The maximum absolute atomic E-state index is 2.54. The molecule has 0 atom stereocenters. The monoisotopic (exact) mass is 448 g/mol. The normalized spacial score (nSPS) is 15.9. The number of benzene rings is 4. The van der Waals surface area contributed by atoms with Crippen LogP contribution in [0.2, 0.25) is 0 Å². The SMILES string of the molecule is C1=C(c2ccccc2)[Se]C(c2ccccc2)=CC12c1ccccc1-c1ccccc12. The Morgan fingerprint density at radius 1 is 0.433 bits per heavy atom. The summed E-state index contributed by atoms with van der Waals surface area (Å²) in [5.41, 5.74) is 7.95. The Balaban J connectivity index is 1.67. The molecule has 0 fully saturated rings. The molecule has 4 aromatic rings. The maximum atomic E-state index is 2.54. The first-order valence-corrected chi connectivity index (χ1v) is 12.0. The van der Waals surface area contributed by atoms with E-state index in [0.29, 0.717) is 0 Å². The average Bonchev–Trinajstić information content (AvgIpc) is 3.10. The van der Waals surface area contributed by atoms with Gasteiger partial charge in [0.25, 0.3) is 0 Å². The number of hydrogen-bond donors (Lipinski definition) is 0. The van der Waals surface area contributed by atoms with Crippen molar-refractivity contribution in [2.45, 2.75) is 5.41 Å². The summed E-state index contributed by atoms with van der Waals surface area (Å²) in [6, 6.07) is 39.6. The van der Waals surface area contributed by atoms with Crippen LogP contribution in [0.15, 0.2) is 121 Å². The van der Waals surface area contributed by atoms with Gasteiger partial charge in [-0.15, -0.1) is 0 Å². The molecule has 142 valence electrons. The van der Waals surface area contributed by atoms with Gasteiger partial charge in [-0.1, -0.05) is 0 Å². The second-order valence-electron chi connectivity index (χ2n) is 7.81. The van der Waals surface area contributed by atoms with E-state index in [2.05, 4.69) is 121 Å². The van der Waals surface area contributed by atoms with Gasteiger partial charge in [0.2, 0.25) is 0 Å². The van der Waals surface area contributed by atoms with Crippen molar-refractivity contribution < 1.29 is 0 Å². The van der Waals surface area contributed by atoms with Crippen LogP contribution in [0.5, 0.6) is 0 Å². The number of hydrogen-bond acceptors (Lipinski definition) is 0. The summed E-state index contributed by atoms with van der Waals surface area (Å²) in [4.78, 5) is 0. The second kappa shape index (κ2) is 6.99. The van der Waals surface area contributed by atoms with Crippen LogP contribution in [0.1, 0.15) is 22.3 Å². The molecule has 0 saturated carbocycles. The molecule has 2 aliphatic rings. The topological polar surface area (TPSA) is 0 Å². The van der Waals surface area contributed by atoms with Crippen LogP contribution in [0.25, 0.3) is 20.1 Å². The fourth-order valence-electron chi connectivity index (χ4n) is 4.74. The molecule has 1 spiro atoms.